The molecule has 0 spiro atoms. The molecule has 0 bridgehead atoms. The summed E-state index contributed by atoms with van der Waals surface area (Å²) >= 11 is 3.20. The molecule has 0 aromatic rings. The zero-order chi connectivity index (χ0) is 11.3. The molecule has 0 aromatic heterocycles. The number of hydrogen-bond donors (Lipinski definition) is 4. The van der Waals surface area contributed by atoms with E-state index in [0.29, 0.717) is 11.7 Å². The predicted octanol–water partition coefficient (Wildman–Crippen LogP) is 0.581. The van der Waals surface area contributed by atoms with Crippen LogP contribution in [0.4, 0.5) is 0 Å². The smallest absolute Gasteiger partial charge is 0.308 e. The Bertz CT molecular complexity index is 219. The van der Waals surface area contributed by atoms with Crippen LogP contribution in [0.15, 0.2) is 0 Å². The maximum Gasteiger partial charge on any atom is 0.308 e. The number of hydrogen-bond acceptors (Lipinski definition) is 6. The summed E-state index contributed by atoms with van der Waals surface area (Å²) in [5.41, 5.74) is 0. The number of aliphatic carboxylic acids is 1. The molecule has 0 unspecified atom stereocenters. The zero-order valence-electron chi connectivity index (χ0n) is 8.18. The fourth-order valence-corrected chi connectivity index (χ4v) is 3.49. The van der Waals surface area contributed by atoms with Gasteiger partial charge in [0.1, 0.15) is 0 Å². The molecule has 88 valence electrons. The largest absolute Gasteiger partial charge is 0.481 e. The Hall–Kier alpha value is 0.0500. The van der Waals surface area contributed by atoms with Gasteiger partial charge in [-0.15, -0.1) is 0 Å². The highest BCUT2D eigenvalue weighted by atomic mass is 32.2. The van der Waals surface area contributed by atoms with Gasteiger partial charge >= 0.3 is 5.97 Å². The van der Waals surface area contributed by atoms with Gasteiger partial charge in [-0.3, -0.25) is 4.79 Å². The first-order valence-electron chi connectivity index (χ1n) is 4.68. The SMILES string of the molecule is O=C(O)CC(O)(O)CC[C@H]1CCSNS1. The van der Waals surface area contributed by atoms with Gasteiger partial charge in [-0.1, -0.05) is 23.9 Å². The molecule has 1 aliphatic rings. The Morgan fingerprint density at radius 2 is 2.27 bits per heavy atom. The van der Waals surface area contributed by atoms with Gasteiger partial charge in [0.2, 0.25) is 0 Å². The van der Waals surface area contributed by atoms with Crippen molar-refractivity contribution in [2.45, 2.75) is 36.7 Å². The molecule has 0 amide bonds. The molecule has 0 radical (unpaired) electrons. The van der Waals surface area contributed by atoms with Crippen LogP contribution in [0.25, 0.3) is 0 Å². The third-order valence-corrected chi connectivity index (χ3v) is 4.22. The standard InChI is InChI=1S/C8H15NO4S2/c10-7(11)5-8(12,13)3-1-6-2-4-14-9-15-6/h6,9,12-13H,1-5H2,(H,10,11)/t6-/m0/s1. The highest BCUT2D eigenvalue weighted by Crippen LogP contribution is 2.28. The summed E-state index contributed by atoms with van der Waals surface area (Å²) in [6.45, 7) is 0. The second-order valence-electron chi connectivity index (χ2n) is 3.55. The van der Waals surface area contributed by atoms with Gasteiger partial charge in [-0.2, -0.15) is 0 Å². The molecule has 1 fully saturated rings. The van der Waals surface area contributed by atoms with Gasteiger partial charge in [-0.25, -0.2) is 4.13 Å². The molecule has 0 aliphatic carbocycles. The molecule has 1 rings (SSSR count). The number of aliphatic hydroxyl groups is 2. The average molecular weight is 253 g/mol. The molecule has 0 aromatic carbocycles. The van der Waals surface area contributed by atoms with E-state index in [1.165, 1.54) is 0 Å². The molecule has 0 saturated carbocycles. The van der Waals surface area contributed by atoms with Crippen molar-refractivity contribution >= 4 is 29.9 Å². The number of carbonyl (C=O) groups is 1. The molecule has 4 N–H and O–H groups in total. The van der Waals surface area contributed by atoms with Crippen LogP contribution >= 0.6 is 23.9 Å². The molecule has 15 heavy (non-hydrogen) atoms. The van der Waals surface area contributed by atoms with Crippen molar-refractivity contribution in [2.75, 3.05) is 5.75 Å². The Kier molecular flexibility index (Phi) is 5.20. The summed E-state index contributed by atoms with van der Waals surface area (Å²) < 4.78 is 3.07. The van der Waals surface area contributed by atoms with Gasteiger partial charge in [-0.05, 0) is 12.8 Å². The number of carboxylic acids is 1. The second-order valence-corrected chi connectivity index (χ2v) is 5.82. The van der Waals surface area contributed by atoms with Crippen molar-refractivity contribution < 1.29 is 20.1 Å². The Morgan fingerprint density at radius 3 is 2.80 bits per heavy atom. The average Bonchev–Trinajstić information content (AvgIpc) is 2.15. The van der Waals surface area contributed by atoms with E-state index in [1.807, 2.05) is 0 Å². The quantitative estimate of drug-likeness (QED) is 0.421. The van der Waals surface area contributed by atoms with E-state index in [9.17, 15) is 15.0 Å². The van der Waals surface area contributed by atoms with Crippen molar-refractivity contribution in [1.29, 1.82) is 0 Å². The molecule has 1 atom stereocenters. The van der Waals surface area contributed by atoms with Gasteiger partial charge in [0.05, 0.1) is 6.42 Å². The van der Waals surface area contributed by atoms with E-state index in [-0.39, 0.29) is 6.42 Å². The third-order valence-electron chi connectivity index (χ3n) is 2.12. The lowest BCUT2D eigenvalue weighted by Crippen LogP contribution is -2.32. The highest BCUT2D eigenvalue weighted by Gasteiger charge is 2.28. The lowest BCUT2D eigenvalue weighted by atomic mass is 10.0. The van der Waals surface area contributed by atoms with Crippen molar-refractivity contribution in [3.8, 4) is 0 Å². The summed E-state index contributed by atoms with van der Waals surface area (Å²) in [6.07, 6.45) is 1.10. The number of carboxylic acid groups (broad SMARTS) is 1. The van der Waals surface area contributed by atoms with Crippen LogP contribution < -0.4 is 4.13 Å². The first-order chi connectivity index (χ1) is 6.99. The maximum absolute atomic E-state index is 10.3. The van der Waals surface area contributed by atoms with E-state index in [0.717, 1.165) is 12.2 Å². The molecule has 7 heteroatoms. The van der Waals surface area contributed by atoms with Crippen molar-refractivity contribution in [1.82, 2.24) is 4.13 Å². The van der Waals surface area contributed by atoms with Crippen LogP contribution in [0.1, 0.15) is 25.7 Å². The van der Waals surface area contributed by atoms with Crippen molar-refractivity contribution in [2.24, 2.45) is 0 Å². The molecule has 1 saturated heterocycles. The van der Waals surface area contributed by atoms with Crippen LogP contribution in [0, 0.1) is 0 Å². The van der Waals surface area contributed by atoms with E-state index in [4.69, 9.17) is 5.11 Å². The molecule has 5 nitrogen and oxygen atoms in total. The molecular formula is C8H15NO4S2. The fourth-order valence-electron chi connectivity index (χ4n) is 1.32. The zero-order valence-corrected chi connectivity index (χ0v) is 9.81. The topological polar surface area (TPSA) is 89.8 Å². The van der Waals surface area contributed by atoms with Gasteiger partial charge in [0, 0.05) is 17.4 Å². The summed E-state index contributed by atoms with van der Waals surface area (Å²) in [6, 6.07) is 0. The predicted molar refractivity (Wildman–Crippen MR) is 60.2 cm³/mol. The van der Waals surface area contributed by atoms with E-state index in [2.05, 4.69) is 4.13 Å². The summed E-state index contributed by atoms with van der Waals surface area (Å²) in [5.74, 6) is -2.26. The molecule has 1 aliphatic heterocycles. The van der Waals surface area contributed by atoms with Crippen LogP contribution in [-0.4, -0.2) is 38.1 Å². The van der Waals surface area contributed by atoms with E-state index >= 15 is 0 Å². The first kappa shape index (κ1) is 13.1. The van der Waals surface area contributed by atoms with E-state index < -0.39 is 18.2 Å². The van der Waals surface area contributed by atoms with Gasteiger partial charge in [0.25, 0.3) is 0 Å². The Balaban J connectivity index is 2.24. The minimum Gasteiger partial charge on any atom is -0.481 e. The minimum absolute atomic E-state index is 0.101. The van der Waals surface area contributed by atoms with Crippen molar-refractivity contribution in [3.63, 3.8) is 0 Å². The Labute approximate surface area is 96.9 Å². The van der Waals surface area contributed by atoms with Crippen molar-refractivity contribution in [3.05, 3.63) is 0 Å². The third kappa shape index (κ3) is 5.62. The van der Waals surface area contributed by atoms with Crippen LogP contribution in [0.5, 0.6) is 0 Å². The summed E-state index contributed by atoms with van der Waals surface area (Å²) in [5, 5.41) is 27.5. The maximum atomic E-state index is 10.3. The van der Waals surface area contributed by atoms with Crippen LogP contribution in [0.3, 0.4) is 0 Å². The first-order valence-corrected chi connectivity index (χ1v) is 6.55. The minimum atomic E-state index is -2.07. The number of nitrogens with one attached hydrogen (secondary N) is 1. The molecular weight excluding hydrogens is 238 g/mol. The van der Waals surface area contributed by atoms with Gasteiger partial charge in [0.15, 0.2) is 5.79 Å². The highest BCUT2D eigenvalue weighted by molar-refractivity contribution is 8.13. The fraction of sp³-hybridized carbons (Fsp3) is 0.875. The lowest BCUT2D eigenvalue weighted by Gasteiger charge is -2.25. The summed E-state index contributed by atoms with van der Waals surface area (Å²) in [7, 11) is 0. The number of rotatable bonds is 5. The van der Waals surface area contributed by atoms with Crippen LogP contribution in [-0.2, 0) is 4.79 Å². The van der Waals surface area contributed by atoms with Gasteiger partial charge < -0.3 is 15.3 Å². The van der Waals surface area contributed by atoms with E-state index in [1.54, 1.807) is 23.9 Å². The second kappa shape index (κ2) is 5.95. The normalized spacial score (nSPS) is 22.7. The monoisotopic (exact) mass is 253 g/mol. The summed E-state index contributed by atoms with van der Waals surface area (Å²) in [4.78, 5) is 10.3. The lowest BCUT2D eigenvalue weighted by molar-refractivity contribution is -0.184. The Morgan fingerprint density at radius 1 is 1.53 bits per heavy atom. The molecule has 1 heterocycles. The van der Waals surface area contributed by atoms with Crippen LogP contribution in [0.2, 0.25) is 0 Å².